The van der Waals surface area contributed by atoms with Gasteiger partial charge in [0.2, 0.25) is 11.8 Å². The first kappa shape index (κ1) is 22.2. The topological polar surface area (TPSA) is 93.2 Å². The summed E-state index contributed by atoms with van der Waals surface area (Å²) >= 11 is 0. The molecule has 2 heterocycles. The van der Waals surface area contributed by atoms with Crippen LogP contribution >= 0.6 is 0 Å². The number of pyridine rings is 2. The molecule has 2 rings (SSSR count). The Balaban J connectivity index is 2.10. The highest BCUT2D eigenvalue weighted by atomic mass is 19.3. The van der Waals surface area contributed by atoms with E-state index < -0.39 is 13.0 Å². The molecule has 2 amide bonds. The Morgan fingerprint density at radius 2 is 1.93 bits per heavy atom. The van der Waals surface area contributed by atoms with E-state index >= 15 is 0 Å². The van der Waals surface area contributed by atoms with Gasteiger partial charge in [0.25, 0.3) is 12.3 Å². The first-order valence-corrected chi connectivity index (χ1v) is 9.16. The van der Waals surface area contributed by atoms with Gasteiger partial charge >= 0.3 is 0 Å². The van der Waals surface area contributed by atoms with Crippen molar-refractivity contribution in [2.75, 3.05) is 11.9 Å². The minimum Gasteiger partial charge on any atom is -0.471 e. The van der Waals surface area contributed by atoms with Crippen molar-refractivity contribution in [3.63, 3.8) is 0 Å². The maximum atomic E-state index is 12.6. The summed E-state index contributed by atoms with van der Waals surface area (Å²) in [5, 5.41) is 5.49. The van der Waals surface area contributed by atoms with E-state index in [4.69, 9.17) is 4.74 Å². The third-order valence-electron chi connectivity index (χ3n) is 4.05. The average molecular weight is 406 g/mol. The van der Waals surface area contributed by atoms with Crippen LogP contribution in [-0.2, 0) is 4.79 Å². The number of anilines is 1. The summed E-state index contributed by atoms with van der Waals surface area (Å²) in [7, 11) is 0. The number of amides is 2. The molecule has 2 aromatic rings. The zero-order chi connectivity index (χ0) is 21.6. The molecule has 29 heavy (non-hydrogen) atoms. The van der Waals surface area contributed by atoms with Crippen LogP contribution in [0.5, 0.6) is 5.88 Å². The van der Waals surface area contributed by atoms with Gasteiger partial charge in [0.15, 0.2) is 6.61 Å². The fourth-order valence-electron chi connectivity index (χ4n) is 2.57. The van der Waals surface area contributed by atoms with Gasteiger partial charge in [0.1, 0.15) is 5.82 Å². The van der Waals surface area contributed by atoms with Gasteiger partial charge in [0, 0.05) is 29.4 Å². The predicted molar refractivity (Wildman–Crippen MR) is 104 cm³/mol. The van der Waals surface area contributed by atoms with Gasteiger partial charge in [-0.1, -0.05) is 6.92 Å². The van der Waals surface area contributed by atoms with Crippen molar-refractivity contribution in [2.45, 2.75) is 46.6 Å². The van der Waals surface area contributed by atoms with Crippen molar-refractivity contribution in [2.24, 2.45) is 0 Å². The van der Waals surface area contributed by atoms with Crippen molar-refractivity contribution in [1.29, 1.82) is 0 Å². The quantitative estimate of drug-likeness (QED) is 0.699. The van der Waals surface area contributed by atoms with Gasteiger partial charge in [-0.25, -0.2) is 18.7 Å². The van der Waals surface area contributed by atoms with E-state index in [1.807, 2.05) is 0 Å². The Bertz CT molecular complexity index is 890. The molecule has 0 spiro atoms. The van der Waals surface area contributed by atoms with Gasteiger partial charge in [-0.3, -0.25) is 9.59 Å². The first-order valence-electron chi connectivity index (χ1n) is 9.16. The fourth-order valence-corrected chi connectivity index (χ4v) is 2.57. The molecule has 1 atom stereocenters. The summed E-state index contributed by atoms with van der Waals surface area (Å²) < 4.78 is 29.5. The molecule has 1 unspecified atom stereocenters. The summed E-state index contributed by atoms with van der Waals surface area (Å²) in [5.74, 6) is -0.0921. The lowest BCUT2D eigenvalue weighted by molar-refractivity contribution is -0.115. The number of hydrogen-bond donors (Lipinski definition) is 2. The SMILES string of the molecule is CCC(=O)Nc1cc(C(=O)NC(C)c2cnc(OCC(F)F)c(C)c2)cc(C)n1. The van der Waals surface area contributed by atoms with Crippen LogP contribution in [0.3, 0.4) is 0 Å². The number of aryl methyl sites for hydroxylation is 2. The highest BCUT2D eigenvalue weighted by Crippen LogP contribution is 2.21. The molecule has 0 fully saturated rings. The van der Waals surface area contributed by atoms with Crippen LogP contribution in [0.4, 0.5) is 14.6 Å². The molecule has 0 radical (unpaired) electrons. The third-order valence-corrected chi connectivity index (χ3v) is 4.05. The maximum absolute atomic E-state index is 12.6. The van der Waals surface area contributed by atoms with Crippen LogP contribution in [-0.4, -0.2) is 34.8 Å². The van der Waals surface area contributed by atoms with Crippen molar-refractivity contribution < 1.29 is 23.1 Å². The lowest BCUT2D eigenvalue weighted by Crippen LogP contribution is -2.27. The van der Waals surface area contributed by atoms with Crippen LogP contribution in [0.25, 0.3) is 0 Å². The van der Waals surface area contributed by atoms with E-state index in [1.165, 1.54) is 12.3 Å². The van der Waals surface area contributed by atoms with E-state index in [0.717, 1.165) is 0 Å². The number of carbonyl (C=O) groups is 2. The van der Waals surface area contributed by atoms with Gasteiger partial charge in [0.05, 0.1) is 6.04 Å². The molecule has 0 aliphatic heterocycles. The molecule has 2 N–H and O–H groups in total. The summed E-state index contributed by atoms with van der Waals surface area (Å²) in [4.78, 5) is 32.5. The number of halogens is 2. The fraction of sp³-hybridized carbons (Fsp3) is 0.400. The number of nitrogens with one attached hydrogen (secondary N) is 2. The van der Waals surface area contributed by atoms with Gasteiger partial charge in [-0.15, -0.1) is 0 Å². The van der Waals surface area contributed by atoms with Gasteiger partial charge in [-0.05, 0) is 44.5 Å². The van der Waals surface area contributed by atoms with Crippen molar-refractivity contribution >= 4 is 17.6 Å². The van der Waals surface area contributed by atoms with Crippen molar-refractivity contribution in [1.82, 2.24) is 15.3 Å². The largest absolute Gasteiger partial charge is 0.471 e. The number of hydrogen-bond acceptors (Lipinski definition) is 5. The lowest BCUT2D eigenvalue weighted by Gasteiger charge is -2.16. The second kappa shape index (κ2) is 9.90. The minimum atomic E-state index is -2.58. The molecule has 0 aromatic carbocycles. The van der Waals surface area contributed by atoms with Crippen molar-refractivity contribution in [3.05, 3.63) is 46.8 Å². The van der Waals surface area contributed by atoms with Crippen LogP contribution in [0.15, 0.2) is 24.4 Å². The molecule has 7 nitrogen and oxygen atoms in total. The number of ether oxygens (including phenoxy) is 1. The summed E-state index contributed by atoms with van der Waals surface area (Å²) in [6, 6.07) is 4.46. The van der Waals surface area contributed by atoms with Gasteiger partial charge in [-0.2, -0.15) is 0 Å². The van der Waals surface area contributed by atoms with E-state index in [9.17, 15) is 18.4 Å². The van der Waals surface area contributed by atoms with E-state index in [1.54, 1.807) is 39.8 Å². The number of alkyl halides is 2. The monoisotopic (exact) mass is 406 g/mol. The summed E-state index contributed by atoms with van der Waals surface area (Å²) in [5.41, 5.74) is 2.24. The third kappa shape index (κ3) is 6.48. The normalized spacial score (nSPS) is 11.8. The lowest BCUT2D eigenvalue weighted by atomic mass is 10.1. The standard InChI is InChI=1S/C20H24F2N4O3/c1-5-18(27)26-17-8-14(7-12(3)24-17)19(28)25-13(4)15-6-11(2)20(23-9-15)29-10-16(21)22/h6-9,13,16H,5,10H2,1-4H3,(H,25,28)(H,24,26,27). The highest BCUT2D eigenvalue weighted by Gasteiger charge is 2.16. The number of nitrogens with zero attached hydrogens (tertiary/aromatic N) is 2. The second-order valence-corrected chi connectivity index (χ2v) is 6.57. The Kier molecular flexibility index (Phi) is 7.58. The Morgan fingerprint density at radius 3 is 2.55 bits per heavy atom. The van der Waals surface area contributed by atoms with Gasteiger partial charge < -0.3 is 15.4 Å². The molecule has 2 aromatic heterocycles. The Hall–Kier alpha value is -3.10. The zero-order valence-corrected chi connectivity index (χ0v) is 16.8. The molecular weight excluding hydrogens is 382 g/mol. The maximum Gasteiger partial charge on any atom is 0.272 e. The van der Waals surface area contributed by atoms with E-state index in [2.05, 4.69) is 20.6 Å². The number of rotatable bonds is 8. The molecule has 156 valence electrons. The molecule has 0 bridgehead atoms. The molecule has 0 aliphatic carbocycles. The smallest absolute Gasteiger partial charge is 0.272 e. The predicted octanol–water partition coefficient (Wildman–Crippen LogP) is 3.58. The number of carbonyl (C=O) groups excluding carboxylic acids is 2. The molecule has 9 heteroatoms. The van der Waals surface area contributed by atoms with Crippen LogP contribution in [0, 0.1) is 13.8 Å². The second-order valence-electron chi connectivity index (χ2n) is 6.57. The molecular formula is C20H24F2N4O3. The van der Waals surface area contributed by atoms with E-state index in [-0.39, 0.29) is 23.7 Å². The first-order chi connectivity index (χ1) is 13.7. The van der Waals surface area contributed by atoms with Crippen LogP contribution < -0.4 is 15.4 Å². The minimum absolute atomic E-state index is 0.133. The zero-order valence-electron chi connectivity index (χ0n) is 16.8. The molecule has 0 saturated carbocycles. The summed E-state index contributed by atoms with van der Waals surface area (Å²) in [6.07, 6.45) is -0.800. The summed E-state index contributed by atoms with van der Waals surface area (Å²) in [6.45, 7) is 6.20. The van der Waals surface area contributed by atoms with Crippen LogP contribution in [0.2, 0.25) is 0 Å². The Labute approximate surface area is 167 Å². The van der Waals surface area contributed by atoms with Crippen molar-refractivity contribution in [3.8, 4) is 5.88 Å². The molecule has 0 aliphatic rings. The highest BCUT2D eigenvalue weighted by molar-refractivity contribution is 5.96. The van der Waals surface area contributed by atoms with Crippen LogP contribution in [0.1, 0.15) is 53.5 Å². The average Bonchev–Trinajstić information content (AvgIpc) is 2.66. The molecule has 0 saturated heterocycles. The number of aromatic nitrogens is 2. The van der Waals surface area contributed by atoms with E-state index in [0.29, 0.717) is 34.6 Å². The Morgan fingerprint density at radius 1 is 1.21 bits per heavy atom.